The summed E-state index contributed by atoms with van der Waals surface area (Å²) in [7, 11) is -3.98. The Labute approximate surface area is 195 Å². The molecule has 0 aliphatic carbocycles. The third kappa shape index (κ3) is 5.99. The molecule has 0 spiro atoms. The Balaban J connectivity index is 1.90. The fourth-order valence-corrected chi connectivity index (χ4v) is 4.85. The molecule has 174 valence electrons. The van der Waals surface area contributed by atoms with Crippen molar-refractivity contribution in [3.05, 3.63) is 95.3 Å². The van der Waals surface area contributed by atoms with Gasteiger partial charge in [0.05, 0.1) is 16.6 Å². The van der Waals surface area contributed by atoms with E-state index < -0.39 is 22.0 Å². The molecule has 1 N–H and O–H groups in total. The number of amides is 1. The Bertz CT molecular complexity index is 1190. The maximum Gasteiger partial charge on any atom is 0.264 e. The number of aryl methyl sites for hydroxylation is 1. The number of hydrogen-bond acceptors (Lipinski definition) is 3. The molecule has 0 aromatic heterocycles. The molecule has 0 aliphatic heterocycles. The Kier molecular flexibility index (Phi) is 7.53. The zero-order valence-electron chi connectivity index (χ0n) is 19.2. The lowest BCUT2D eigenvalue weighted by Gasteiger charge is -2.25. The molecule has 0 bridgehead atoms. The minimum Gasteiger partial charge on any atom is -0.348 e. The Morgan fingerprint density at radius 3 is 1.97 bits per heavy atom. The molecule has 3 aromatic carbocycles. The highest BCUT2D eigenvalue weighted by atomic mass is 32.2. The molecule has 3 rings (SSSR count). The largest absolute Gasteiger partial charge is 0.348 e. The van der Waals surface area contributed by atoms with Gasteiger partial charge in [0, 0.05) is 0 Å². The van der Waals surface area contributed by atoms with Crippen molar-refractivity contribution in [1.82, 2.24) is 5.32 Å². The summed E-state index contributed by atoms with van der Waals surface area (Å²) in [5, 5.41) is 2.81. The van der Waals surface area contributed by atoms with Crippen LogP contribution in [0.1, 0.15) is 49.4 Å². The maximum absolute atomic E-state index is 13.5. The number of nitrogens with one attached hydrogen (secondary N) is 1. The van der Waals surface area contributed by atoms with Gasteiger partial charge in [0.2, 0.25) is 5.91 Å². The Hall–Kier alpha value is -3.19. The van der Waals surface area contributed by atoms with Gasteiger partial charge in [-0.15, -0.1) is 0 Å². The second kappa shape index (κ2) is 10.2. The highest BCUT2D eigenvalue weighted by Crippen LogP contribution is 2.26. The van der Waals surface area contributed by atoms with Crippen molar-refractivity contribution in [2.24, 2.45) is 0 Å². The molecule has 1 amide bonds. The number of anilines is 1. The lowest BCUT2D eigenvalue weighted by Crippen LogP contribution is -2.41. The predicted octanol–water partition coefficient (Wildman–Crippen LogP) is 5.33. The van der Waals surface area contributed by atoms with Gasteiger partial charge in [0.15, 0.2) is 0 Å². The first-order chi connectivity index (χ1) is 15.6. The van der Waals surface area contributed by atoms with E-state index in [0.717, 1.165) is 21.0 Å². The topological polar surface area (TPSA) is 66.5 Å². The fraction of sp³-hybridized carbons (Fsp3) is 0.269. The van der Waals surface area contributed by atoms with Crippen LogP contribution in [-0.2, 0) is 14.8 Å². The summed E-state index contributed by atoms with van der Waals surface area (Å²) in [4.78, 5) is 13.0. The molecule has 0 saturated carbocycles. The summed E-state index contributed by atoms with van der Waals surface area (Å²) in [5.41, 5.74) is 3.14. The lowest BCUT2D eigenvalue weighted by atomic mass is 10.0. The Morgan fingerprint density at radius 1 is 0.879 bits per heavy atom. The van der Waals surface area contributed by atoms with E-state index in [1.807, 2.05) is 19.1 Å². The van der Waals surface area contributed by atoms with Crippen molar-refractivity contribution >= 4 is 21.6 Å². The van der Waals surface area contributed by atoms with E-state index in [1.165, 1.54) is 12.1 Å². The monoisotopic (exact) mass is 468 g/mol. The Morgan fingerprint density at radius 2 is 1.42 bits per heavy atom. The fourth-order valence-electron chi connectivity index (χ4n) is 3.43. The van der Waals surface area contributed by atoms with Crippen LogP contribution in [-0.4, -0.2) is 20.9 Å². The van der Waals surface area contributed by atoms with Gasteiger partial charge in [0.1, 0.15) is 12.4 Å². The standard InChI is InChI=1S/C26H29FN2O3S/c1-18(2)21-9-13-24(14-10-21)29(33(31,32)25-15-5-19(3)6-16-25)17-26(30)28-20(4)22-7-11-23(27)12-8-22/h5-16,18,20H,17H2,1-4H3,(H,28,30)/t20-/m1/s1. The molecule has 0 fully saturated rings. The average Bonchev–Trinajstić information content (AvgIpc) is 2.78. The average molecular weight is 469 g/mol. The molecule has 0 heterocycles. The van der Waals surface area contributed by atoms with Crippen LogP contribution >= 0.6 is 0 Å². The molecule has 5 nitrogen and oxygen atoms in total. The number of hydrogen-bond donors (Lipinski definition) is 1. The van der Waals surface area contributed by atoms with Crippen LogP contribution in [0, 0.1) is 12.7 Å². The molecule has 0 unspecified atom stereocenters. The minimum absolute atomic E-state index is 0.111. The molecular formula is C26H29FN2O3S. The number of nitrogens with zero attached hydrogens (tertiary/aromatic N) is 1. The summed E-state index contributed by atoms with van der Waals surface area (Å²) >= 11 is 0. The van der Waals surface area contributed by atoms with Crippen molar-refractivity contribution in [3.63, 3.8) is 0 Å². The smallest absolute Gasteiger partial charge is 0.264 e. The van der Waals surface area contributed by atoms with E-state index in [0.29, 0.717) is 11.6 Å². The first kappa shape index (κ1) is 24.5. The summed E-state index contributed by atoms with van der Waals surface area (Å²) in [6, 6.07) is 19.1. The zero-order chi connectivity index (χ0) is 24.2. The van der Waals surface area contributed by atoms with Crippen LogP contribution in [0.15, 0.2) is 77.7 Å². The second-order valence-corrected chi connectivity index (χ2v) is 10.3. The van der Waals surface area contributed by atoms with Crippen molar-refractivity contribution in [1.29, 1.82) is 0 Å². The number of benzene rings is 3. The quantitative estimate of drug-likeness (QED) is 0.486. The summed E-state index contributed by atoms with van der Waals surface area (Å²) in [6.07, 6.45) is 0. The number of sulfonamides is 1. The number of carbonyl (C=O) groups is 1. The second-order valence-electron chi connectivity index (χ2n) is 8.41. The van der Waals surface area contributed by atoms with Crippen LogP contribution in [0.25, 0.3) is 0 Å². The number of carbonyl (C=O) groups excluding carboxylic acids is 1. The van der Waals surface area contributed by atoms with Gasteiger partial charge in [-0.25, -0.2) is 12.8 Å². The van der Waals surface area contributed by atoms with E-state index in [-0.39, 0.29) is 17.3 Å². The van der Waals surface area contributed by atoms with Crippen molar-refractivity contribution in [3.8, 4) is 0 Å². The first-order valence-electron chi connectivity index (χ1n) is 10.8. The van der Waals surface area contributed by atoms with E-state index in [9.17, 15) is 17.6 Å². The summed E-state index contributed by atoms with van der Waals surface area (Å²) < 4.78 is 41.3. The molecule has 33 heavy (non-hydrogen) atoms. The van der Waals surface area contributed by atoms with Crippen LogP contribution in [0.4, 0.5) is 10.1 Å². The van der Waals surface area contributed by atoms with Gasteiger partial charge in [-0.1, -0.05) is 55.8 Å². The maximum atomic E-state index is 13.5. The van der Waals surface area contributed by atoms with Crippen LogP contribution in [0.2, 0.25) is 0 Å². The van der Waals surface area contributed by atoms with E-state index >= 15 is 0 Å². The minimum atomic E-state index is -3.98. The zero-order valence-corrected chi connectivity index (χ0v) is 20.1. The van der Waals surface area contributed by atoms with Crippen molar-refractivity contribution < 1.29 is 17.6 Å². The third-order valence-electron chi connectivity index (χ3n) is 5.49. The van der Waals surface area contributed by atoms with Crippen LogP contribution in [0.5, 0.6) is 0 Å². The van der Waals surface area contributed by atoms with Gasteiger partial charge in [-0.3, -0.25) is 9.10 Å². The highest BCUT2D eigenvalue weighted by Gasteiger charge is 2.27. The SMILES string of the molecule is Cc1ccc(S(=O)(=O)N(CC(=O)N[C@H](C)c2ccc(F)cc2)c2ccc(C(C)C)cc2)cc1. The van der Waals surface area contributed by atoms with Gasteiger partial charge in [-0.05, 0) is 67.3 Å². The van der Waals surface area contributed by atoms with E-state index in [2.05, 4.69) is 19.2 Å². The number of rotatable bonds is 8. The summed E-state index contributed by atoms with van der Waals surface area (Å²) in [5.74, 6) is -0.533. The molecule has 3 aromatic rings. The van der Waals surface area contributed by atoms with Gasteiger partial charge in [-0.2, -0.15) is 0 Å². The van der Waals surface area contributed by atoms with E-state index in [4.69, 9.17) is 0 Å². The molecule has 0 saturated heterocycles. The van der Waals surface area contributed by atoms with Gasteiger partial charge in [0.25, 0.3) is 10.0 Å². The number of halogens is 1. The van der Waals surface area contributed by atoms with Crippen molar-refractivity contribution in [2.75, 3.05) is 10.8 Å². The normalized spacial score (nSPS) is 12.4. The summed E-state index contributed by atoms with van der Waals surface area (Å²) in [6.45, 7) is 7.37. The molecule has 7 heteroatoms. The molecule has 0 aliphatic rings. The van der Waals surface area contributed by atoms with Crippen LogP contribution in [0.3, 0.4) is 0 Å². The van der Waals surface area contributed by atoms with Crippen molar-refractivity contribution in [2.45, 2.75) is 44.6 Å². The third-order valence-corrected chi connectivity index (χ3v) is 7.28. The first-order valence-corrected chi connectivity index (χ1v) is 12.3. The lowest BCUT2D eigenvalue weighted by molar-refractivity contribution is -0.120. The van der Waals surface area contributed by atoms with Gasteiger partial charge < -0.3 is 5.32 Å². The molecular weight excluding hydrogens is 439 g/mol. The van der Waals surface area contributed by atoms with Gasteiger partial charge >= 0.3 is 0 Å². The highest BCUT2D eigenvalue weighted by molar-refractivity contribution is 7.92. The predicted molar refractivity (Wildman–Crippen MR) is 129 cm³/mol. The molecule has 1 atom stereocenters. The van der Waals surface area contributed by atoms with Crippen LogP contribution < -0.4 is 9.62 Å². The van der Waals surface area contributed by atoms with E-state index in [1.54, 1.807) is 55.5 Å². The molecule has 0 radical (unpaired) electrons.